The van der Waals surface area contributed by atoms with Gasteiger partial charge in [-0.05, 0) is 52.4 Å². The van der Waals surface area contributed by atoms with E-state index in [0.29, 0.717) is 5.88 Å². The van der Waals surface area contributed by atoms with Crippen LogP contribution < -0.4 is 4.90 Å². The molecule has 1 nitrogen and oxygen atoms in total. The van der Waals surface area contributed by atoms with Crippen molar-refractivity contribution in [1.29, 1.82) is 0 Å². The lowest BCUT2D eigenvalue weighted by atomic mass is 9.92. The van der Waals surface area contributed by atoms with E-state index in [1.54, 1.807) is 0 Å². The Labute approximate surface area is 124 Å². The van der Waals surface area contributed by atoms with E-state index in [9.17, 15) is 0 Å². The summed E-state index contributed by atoms with van der Waals surface area (Å²) in [5, 5.41) is 0. The summed E-state index contributed by atoms with van der Waals surface area (Å²) >= 11 is 9.53. The molecule has 0 amide bonds. The summed E-state index contributed by atoms with van der Waals surface area (Å²) in [5.74, 6) is 1.52. The number of halogens is 2. The Hall–Kier alpha value is -0.210. The van der Waals surface area contributed by atoms with E-state index in [1.165, 1.54) is 54.5 Å². The van der Waals surface area contributed by atoms with E-state index >= 15 is 0 Å². The predicted molar refractivity (Wildman–Crippen MR) is 83.5 cm³/mol. The number of piperidine rings is 1. The molecule has 2 rings (SSSR count). The Balaban J connectivity index is 2.01. The third-order valence-electron chi connectivity index (χ3n) is 3.82. The monoisotopic (exact) mass is 329 g/mol. The van der Waals surface area contributed by atoms with E-state index < -0.39 is 0 Å². The fraction of sp³-hybridized carbons (Fsp3) is 0.600. The first kappa shape index (κ1) is 14.2. The van der Waals surface area contributed by atoms with Gasteiger partial charge in [0.2, 0.25) is 0 Å². The second-order valence-corrected chi connectivity index (χ2v) is 6.26. The van der Waals surface area contributed by atoms with Crippen LogP contribution in [0.2, 0.25) is 0 Å². The highest BCUT2D eigenvalue weighted by molar-refractivity contribution is 9.10. The topological polar surface area (TPSA) is 3.24 Å². The smallest absolute Gasteiger partial charge is 0.0510 e. The first-order valence-electron chi connectivity index (χ1n) is 6.84. The van der Waals surface area contributed by atoms with Gasteiger partial charge in [0.25, 0.3) is 0 Å². The minimum atomic E-state index is 0.581. The average Bonchev–Trinajstić information content (AvgIpc) is 2.40. The molecule has 0 atom stereocenters. The predicted octanol–water partition coefficient (Wildman–Crippen LogP) is 5.20. The highest BCUT2D eigenvalue weighted by Crippen LogP contribution is 2.32. The van der Waals surface area contributed by atoms with E-state index in [1.807, 2.05) is 0 Å². The Morgan fingerprint density at radius 3 is 2.61 bits per heavy atom. The summed E-state index contributed by atoms with van der Waals surface area (Å²) in [7, 11) is 0. The number of nitrogens with zero attached hydrogens (tertiary/aromatic N) is 1. The molecule has 0 spiro atoms. The molecule has 1 heterocycles. The van der Waals surface area contributed by atoms with Gasteiger partial charge in [0, 0.05) is 23.4 Å². The molecule has 0 aromatic heterocycles. The SMILES string of the molecule is CCCC1CCN(c2ccc(CCl)cc2Br)CC1. The molecule has 1 aromatic rings. The van der Waals surface area contributed by atoms with Gasteiger partial charge in [-0.2, -0.15) is 0 Å². The lowest BCUT2D eigenvalue weighted by Gasteiger charge is -2.34. The van der Waals surface area contributed by atoms with Gasteiger partial charge in [-0.3, -0.25) is 0 Å². The summed E-state index contributed by atoms with van der Waals surface area (Å²) < 4.78 is 1.18. The Kier molecular flexibility index (Phi) is 5.38. The van der Waals surface area contributed by atoms with Crippen LogP contribution in [0.5, 0.6) is 0 Å². The van der Waals surface area contributed by atoms with E-state index in [0.717, 1.165) is 5.92 Å². The molecule has 0 aliphatic carbocycles. The number of hydrogen-bond donors (Lipinski definition) is 0. The molecular weight excluding hydrogens is 310 g/mol. The Bertz CT molecular complexity index is 386. The molecule has 1 aliphatic heterocycles. The van der Waals surface area contributed by atoms with Crippen molar-refractivity contribution < 1.29 is 0 Å². The van der Waals surface area contributed by atoms with Gasteiger partial charge in [0.1, 0.15) is 0 Å². The highest BCUT2D eigenvalue weighted by Gasteiger charge is 2.20. The summed E-state index contributed by atoms with van der Waals surface area (Å²) in [6, 6.07) is 6.47. The van der Waals surface area contributed by atoms with E-state index in [4.69, 9.17) is 11.6 Å². The quantitative estimate of drug-likeness (QED) is 0.685. The van der Waals surface area contributed by atoms with Crippen LogP contribution in [0.15, 0.2) is 22.7 Å². The second kappa shape index (κ2) is 6.81. The number of hydrogen-bond acceptors (Lipinski definition) is 1. The highest BCUT2D eigenvalue weighted by atomic mass is 79.9. The van der Waals surface area contributed by atoms with Crippen molar-refractivity contribution in [2.45, 2.75) is 38.5 Å². The Morgan fingerprint density at radius 2 is 2.06 bits per heavy atom. The molecule has 0 radical (unpaired) electrons. The first-order valence-corrected chi connectivity index (χ1v) is 8.16. The zero-order chi connectivity index (χ0) is 13.0. The number of benzene rings is 1. The number of rotatable bonds is 4. The number of anilines is 1. The van der Waals surface area contributed by atoms with E-state index in [2.05, 4.69) is 46.0 Å². The molecule has 0 saturated carbocycles. The van der Waals surface area contributed by atoms with Crippen molar-refractivity contribution in [2.75, 3.05) is 18.0 Å². The molecule has 18 heavy (non-hydrogen) atoms. The van der Waals surface area contributed by atoms with Crippen LogP contribution in [0.1, 0.15) is 38.2 Å². The summed E-state index contributed by atoms with van der Waals surface area (Å²) in [4.78, 5) is 2.49. The van der Waals surface area contributed by atoms with Crippen LogP contribution in [-0.4, -0.2) is 13.1 Å². The average molecular weight is 331 g/mol. The van der Waals surface area contributed by atoms with Crippen molar-refractivity contribution in [2.24, 2.45) is 5.92 Å². The molecule has 0 N–H and O–H groups in total. The van der Waals surface area contributed by atoms with Crippen molar-refractivity contribution in [3.05, 3.63) is 28.2 Å². The van der Waals surface area contributed by atoms with E-state index in [-0.39, 0.29) is 0 Å². The lowest BCUT2D eigenvalue weighted by molar-refractivity contribution is 0.378. The summed E-state index contributed by atoms with van der Waals surface area (Å²) in [6.45, 7) is 4.65. The maximum atomic E-state index is 5.86. The largest absolute Gasteiger partial charge is 0.371 e. The first-order chi connectivity index (χ1) is 8.74. The van der Waals surface area contributed by atoms with Crippen LogP contribution in [0.25, 0.3) is 0 Å². The molecule has 1 saturated heterocycles. The van der Waals surface area contributed by atoms with Crippen molar-refractivity contribution in [3.63, 3.8) is 0 Å². The minimum absolute atomic E-state index is 0.581. The van der Waals surface area contributed by atoms with Gasteiger partial charge in [0.15, 0.2) is 0 Å². The summed E-state index contributed by atoms with van der Waals surface area (Å²) in [5.41, 5.74) is 2.49. The summed E-state index contributed by atoms with van der Waals surface area (Å²) in [6.07, 6.45) is 5.37. The van der Waals surface area contributed by atoms with Gasteiger partial charge < -0.3 is 4.90 Å². The molecular formula is C15H21BrClN. The fourth-order valence-electron chi connectivity index (χ4n) is 2.76. The molecule has 1 aliphatic rings. The fourth-order valence-corrected chi connectivity index (χ4v) is 3.60. The minimum Gasteiger partial charge on any atom is -0.371 e. The maximum Gasteiger partial charge on any atom is 0.0510 e. The van der Waals surface area contributed by atoms with Crippen LogP contribution in [0, 0.1) is 5.92 Å². The normalized spacial score (nSPS) is 17.2. The van der Waals surface area contributed by atoms with Gasteiger partial charge >= 0.3 is 0 Å². The van der Waals surface area contributed by atoms with Crippen molar-refractivity contribution >= 4 is 33.2 Å². The molecule has 100 valence electrons. The van der Waals surface area contributed by atoms with Gasteiger partial charge in [0.05, 0.1) is 5.69 Å². The van der Waals surface area contributed by atoms with Crippen molar-refractivity contribution in [3.8, 4) is 0 Å². The molecule has 1 aromatic carbocycles. The van der Waals surface area contributed by atoms with Gasteiger partial charge in [-0.1, -0.05) is 25.8 Å². The van der Waals surface area contributed by atoms with Crippen LogP contribution in [-0.2, 0) is 5.88 Å². The van der Waals surface area contributed by atoms with Crippen LogP contribution in [0.4, 0.5) is 5.69 Å². The number of alkyl halides is 1. The standard InChI is InChI=1S/C15H21BrClN/c1-2-3-12-6-8-18(9-7-12)15-5-4-13(11-17)10-14(15)16/h4-5,10,12H,2-3,6-9,11H2,1H3. The molecule has 3 heteroatoms. The van der Waals surface area contributed by atoms with Crippen molar-refractivity contribution in [1.82, 2.24) is 0 Å². The molecule has 1 fully saturated rings. The third-order valence-corrected chi connectivity index (χ3v) is 4.76. The second-order valence-electron chi connectivity index (χ2n) is 5.14. The third kappa shape index (κ3) is 3.42. The van der Waals surface area contributed by atoms with Gasteiger partial charge in [-0.15, -0.1) is 11.6 Å². The Morgan fingerprint density at radius 1 is 1.33 bits per heavy atom. The van der Waals surface area contributed by atoms with Crippen LogP contribution in [0.3, 0.4) is 0 Å². The lowest BCUT2D eigenvalue weighted by Crippen LogP contribution is -2.33. The maximum absolute atomic E-state index is 5.86. The molecule has 0 bridgehead atoms. The van der Waals surface area contributed by atoms with Gasteiger partial charge in [-0.25, -0.2) is 0 Å². The zero-order valence-corrected chi connectivity index (χ0v) is 13.3. The zero-order valence-electron chi connectivity index (χ0n) is 11.0. The van der Waals surface area contributed by atoms with Crippen LogP contribution >= 0.6 is 27.5 Å². The molecule has 0 unspecified atom stereocenters.